The van der Waals surface area contributed by atoms with Gasteiger partial charge in [-0.05, 0) is 24.3 Å². The maximum absolute atomic E-state index is 12.4. The average molecular weight is 360 g/mol. The molecule has 0 aromatic heterocycles. The minimum absolute atomic E-state index is 0.277. The monoisotopic (exact) mass is 360 g/mol. The van der Waals surface area contributed by atoms with Gasteiger partial charge in [-0.25, -0.2) is 0 Å². The quantitative estimate of drug-likeness (QED) is 0.605. The van der Waals surface area contributed by atoms with Gasteiger partial charge in [-0.2, -0.15) is 0 Å². The SMILES string of the molecule is O=C(OC(=O)C1C=Nc2ccccc2C1=O)C1C=Nc2ccccc2C1=O. The second kappa shape index (κ2) is 6.53. The van der Waals surface area contributed by atoms with Crippen LogP contribution in [-0.4, -0.2) is 35.9 Å². The minimum Gasteiger partial charge on any atom is -0.391 e. The lowest BCUT2D eigenvalue weighted by atomic mass is 9.93. The number of carbonyl (C=O) groups excluding carboxylic acids is 4. The first-order valence-electron chi connectivity index (χ1n) is 8.16. The zero-order chi connectivity index (χ0) is 19.0. The normalized spacial score (nSPS) is 20.0. The third-order valence-corrected chi connectivity index (χ3v) is 4.34. The summed E-state index contributed by atoms with van der Waals surface area (Å²) in [7, 11) is 0. The van der Waals surface area contributed by atoms with Crippen LogP contribution in [0.1, 0.15) is 20.7 Å². The Labute approximate surface area is 153 Å². The number of para-hydroxylation sites is 2. The first-order chi connectivity index (χ1) is 13.1. The van der Waals surface area contributed by atoms with Gasteiger partial charge < -0.3 is 4.74 Å². The van der Waals surface area contributed by atoms with Gasteiger partial charge in [0.25, 0.3) is 0 Å². The zero-order valence-corrected chi connectivity index (χ0v) is 13.9. The highest BCUT2D eigenvalue weighted by Crippen LogP contribution is 2.28. The highest BCUT2D eigenvalue weighted by Gasteiger charge is 2.37. The topological polar surface area (TPSA) is 102 Å². The Hall–Kier alpha value is -3.74. The summed E-state index contributed by atoms with van der Waals surface area (Å²) in [5, 5.41) is 0. The predicted molar refractivity (Wildman–Crippen MR) is 95.9 cm³/mol. The maximum atomic E-state index is 12.4. The van der Waals surface area contributed by atoms with Crippen LogP contribution in [0.5, 0.6) is 0 Å². The molecule has 2 heterocycles. The largest absolute Gasteiger partial charge is 0.391 e. The van der Waals surface area contributed by atoms with E-state index in [1.807, 2.05) is 0 Å². The molecule has 0 aliphatic carbocycles. The van der Waals surface area contributed by atoms with Crippen molar-refractivity contribution in [1.82, 2.24) is 0 Å². The minimum atomic E-state index is -1.33. The second-order valence-corrected chi connectivity index (χ2v) is 6.01. The Morgan fingerprint density at radius 1 is 0.704 bits per heavy atom. The Kier molecular flexibility index (Phi) is 4.04. The highest BCUT2D eigenvalue weighted by atomic mass is 16.6. The van der Waals surface area contributed by atoms with Crippen molar-refractivity contribution in [3.05, 3.63) is 59.7 Å². The van der Waals surface area contributed by atoms with E-state index >= 15 is 0 Å². The van der Waals surface area contributed by atoms with Gasteiger partial charge in [0.05, 0.1) is 11.4 Å². The first-order valence-corrected chi connectivity index (χ1v) is 8.16. The number of ether oxygens (including phenoxy) is 1. The van der Waals surface area contributed by atoms with Crippen molar-refractivity contribution in [1.29, 1.82) is 0 Å². The van der Waals surface area contributed by atoms with Crippen molar-refractivity contribution in [2.45, 2.75) is 0 Å². The van der Waals surface area contributed by atoms with E-state index in [4.69, 9.17) is 4.74 Å². The summed E-state index contributed by atoms with van der Waals surface area (Å²) in [6.07, 6.45) is 2.29. The molecule has 0 saturated carbocycles. The third kappa shape index (κ3) is 2.89. The predicted octanol–water partition coefficient (Wildman–Crippen LogP) is 2.49. The molecule has 2 aromatic carbocycles. The van der Waals surface area contributed by atoms with Gasteiger partial charge in [-0.15, -0.1) is 0 Å². The maximum Gasteiger partial charge on any atom is 0.330 e. The number of benzene rings is 2. The van der Waals surface area contributed by atoms with Gasteiger partial charge in [0.2, 0.25) is 0 Å². The molecule has 7 nitrogen and oxygen atoms in total. The number of hydrogen-bond donors (Lipinski definition) is 0. The lowest BCUT2D eigenvalue weighted by molar-refractivity contribution is -0.160. The summed E-state index contributed by atoms with van der Waals surface area (Å²) in [5.41, 5.74) is 1.45. The fraction of sp³-hybridized carbons (Fsp3) is 0.100. The molecular weight excluding hydrogens is 348 g/mol. The molecule has 0 N–H and O–H groups in total. The molecule has 2 aliphatic heterocycles. The van der Waals surface area contributed by atoms with Gasteiger partial charge in [0.15, 0.2) is 23.4 Å². The van der Waals surface area contributed by atoms with Gasteiger partial charge in [-0.1, -0.05) is 24.3 Å². The van der Waals surface area contributed by atoms with Crippen LogP contribution in [0.15, 0.2) is 58.5 Å². The third-order valence-electron chi connectivity index (χ3n) is 4.34. The molecule has 2 aromatic rings. The van der Waals surface area contributed by atoms with Crippen LogP contribution in [0.2, 0.25) is 0 Å². The lowest BCUT2D eigenvalue weighted by Crippen LogP contribution is -2.36. The van der Waals surface area contributed by atoms with E-state index in [0.29, 0.717) is 11.4 Å². The summed E-state index contributed by atoms with van der Waals surface area (Å²) in [5.74, 6) is -5.80. The second-order valence-electron chi connectivity index (χ2n) is 6.01. The van der Waals surface area contributed by atoms with Crippen LogP contribution in [0.25, 0.3) is 0 Å². The van der Waals surface area contributed by atoms with Gasteiger partial charge >= 0.3 is 11.9 Å². The van der Waals surface area contributed by atoms with E-state index in [-0.39, 0.29) is 11.1 Å². The van der Waals surface area contributed by atoms with Crippen molar-refractivity contribution >= 4 is 47.3 Å². The molecule has 0 saturated heterocycles. The summed E-state index contributed by atoms with van der Waals surface area (Å²) in [6, 6.07) is 13.1. The molecule has 0 spiro atoms. The van der Waals surface area contributed by atoms with Crippen LogP contribution in [-0.2, 0) is 14.3 Å². The number of esters is 2. The summed E-state index contributed by atoms with van der Waals surface area (Å²) in [6.45, 7) is 0. The van der Waals surface area contributed by atoms with Crippen LogP contribution in [0.3, 0.4) is 0 Å². The Morgan fingerprint density at radius 2 is 1.11 bits per heavy atom. The molecule has 2 atom stereocenters. The van der Waals surface area contributed by atoms with Crippen molar-refractivity contribution < 1.29 is 23.9 Å². The van der Waals surface area contributed by atoms with Crippen molar-refractivity contribution in [3.8, 4) is 0 Å². The number of fused-ring (bicyclic) bond motifs is 2. The Balaban J connectivity index is 1.51. The molecule has 0 fully saturated rings. The summed E-state index contributed by atoms with van der Waals surface area (Å²) in [4.78, 5) is 57.6. The first kappa shape index (κ1) is 16.7. The van der Waals surface area contributed by atoms with E-state index in [1.165, 1.54) is 0 Å². The standard InChI is InChI=1S/C20H12N2O5/c23-17-11-5-1-3-7-15(11)21-9-13(17)19(25)27-20(26)14-10-22-16-8-4-2-6-12(16)18(14)24/h1-10,13-14H. The molecule has 2 unspecified atom stereocenters. The molecule has 0 bridgehead atoms. The van der Waals surface area contributed by atoms with Gasteiger partial charge in [-0.3, -0.25) is 29.2 Å². The number of aliphatic imine (C=N–C) groups is 2. The van der Waals surface area contributed by atoms with Crippen LogP contribution < -0.4 is 0 Å². The van der Waals surface area contributed by atoms with E-state index < -0.39 is 35.3 Å². The molecular formula is C20H12N2O5. The van der Waals surface area contributed by atoms with E-state index in [9.17, 15) is 19.2 Å². The summed E-state index contributed by atoms with van der Waals surface area (Å²) < 4.78 is 4.80. The average Bonchev–Trinajstić information content (AvgIpc) is 2.68. The number of hydrogen-bond acceptors (Lipinski definition) is 7. The van der Waals surface area contributed by atoms with Crippen LogP contribution in [0.4, 0.5) is 11.4 Å². The fourth-order valence-electron chi connectivity index (χ4n) is 2.93. The molecule has 7 heteroatoms. The molecule has 4 rings (SSSR count). The smallest absolute Gasteiger partial charge is 0.330 e. The fourth-order valence-corrected chi connectivity index (χ4v) is 2.93. The number of nitrogens with zero attached hydrogens (tertiary/aromatic N) is 2. The number of carbonyl (C=O) groups is 4. The molecule has 0 radical (unpaired) electrons. The highest BCUT2D eigenvalue weighted by molar-refractivity contribution is 6.26. The van der Waals surface area contributed by atoms with E-state index in [2.05, 4.69) is 9.98 Å². The number of rotatable bonds is 2. The zero-order valence-electron chi connectivity index (χ0n) is 13.9. The van der Waals surface area contributed by atoms with Crippen molar-refractivity contribution in [2.75, 3.05) is 0 Å². The molecule has 132 valence electrons. The van der Waals surface area contributed by atoms with Gasteiger partial charge in [0, 0.05) is 23.6 Å². The number of ketones is 2. The Morgan fingerprint density at radius 3 is 1.56 bits per heavy atom. The van der Waals surface area contributed by atoms with Crippen LogP contribution in [0, 0.1) is 11.8 Å². The van der Waals surface area contributed by atoms with Crippen molar-refractivity contribution in [2.24, 2.45) is 21.8 Å². The summed E-state index contributed by atoms with van der Waals surface area (Å²) >= 11 is 0. The Bertz CT molecular complexity index is 970. The van der Waals surface area contributed by atoms with E-state index in [1.54, 1.807) is 48.5 Å². The van der Waals surface area contributed by atoms with Crippen molar-refractivity contribution in [3.63, 3.8) is 0 Å². The molecule has 27 heavy (non-hydrogen) atoms. The molecule has 0 amide bonds. The van der Waals surface area contributed by atoms with Crippen LogP contribution >= 0.6 is 0 Å². The van der Waals surface area contributed by atoms with E-state index in [0.717, 1.165) is 12.4 Å². The van der Waals surface area contributed by atoms with Gasteiger partial charge in [0.1, 0.15) is 0 Å². The lowest BCUT2D eigenvalue weighted by Gasteiger charge is -2.18. The molecule has 2 aliphatic rings. The number of Topliss-reactive ketones (excluding diaryl/α,β-unsaturated/α-hetero) is 2.